The molecule has 6 heteroatoms. The molecule has 0 amide bonds. The van der Waals surface area contributed by atoms with Gasteiger partial charge in [-0.1, -0.05) is 32.9 Å². The Morgan fingerprint density at radius 3 is 2.48 bits per heavy atom. The van der Waals surface area contributed by atoms with E-state index in [4.69, 9.17) is 0 Å². The van der Waals surface area contributed by atoms with E-state index in [9.17, 15) is 23.4 Å². The summed E-state index contributed by atoms with van der Waals surface area (Å²) < 4.78 is 38.7. The molecule has 1 aliphatic rings. The lowest BCUT2D eigenvalue weighted by molar-refractivity contribution is -0.137. The van der Waals surface area contributed by atoms with E-state index in [0.717, 1.165) is 12.1 Å². The number of benzene rings is 1. The van der Waals surface area contributed by atoms with Gasteiger partial charge in [-0.25, -0.2) is 0 Å². The first kappa shape index (κ1) is 18.2. The topological polar surface area (TPSA) is 43.7 Å². The summed E-state index contributed by atoms with van der Waals surface area (Å²) in [6.07, 6.45) is -5.23. The molecule has 0 spiro atoms. The molecule has 2 rings (SSSR count). The number of hydrogen-bond donors (Lipinski definition) is 2. The molecule has 3 nitrogen and oxygen atoms in total. The van der Waals surface area contributed by atoms with Crippen LogP contribution in [0.3, 0.4) is 0 Å². The zero-order valence-corrected chi connectivity index (χ0v) is 13.6. The van der Waals surface area contributed by atoms with Crippen LogP contribution in [0.1, 0.15) is 44.4 Å². The largest absolute Gasteiger partial charge is 0.416 e. The molecule has 1 aliphatic heterocycles. The Bertz CT molecular complexity index is 539. The number of aliphatic hydroxyl groups is 2. The quantitative estimate of drug-likeness (QED) is 0.894. The first-order chi connectivity index (χ1) is 10.5. The van der Waals surface area contributed by atoms with E-state index in [1.165, 1.54) is 6.07 Å². The van der Waals surface area contributed by atoms with Crippen molar-refractivity contribution in [3.63, 3.8) is 0 Å². The summed E-state index contributed by atoms with van der Waals surface area (Å²) in [6.45, 7) is 6.39. The van der Waals surface area contributed by atoms with Crippen LogP contribution in [0, 0.1) is 5.41 Å². The van der Waals surface area contributed by atoms with Crippen molar-refractivity contribution in [1.82, 2.24) is 4.90 Å². The van der Waals surface area contributed by atoms with Gasteiger partial charge in [-0.15, -0.1) is 0 Å². The summed E-state index contributed by atoms with van der Waals surface area (Å²) in [5.74, 6) is 0. The second-order valence-corrected chi connectivity index (χ2v) is 7.36. The first-order valence-corrected chi connectivity index (χ1v) is 7.76. The van der Waals surface area contributed by atoms with E-state index in [1.807, 2.05) is 25.7 Å². The van der Waals surface area contributed by atoms with Crippen LogP contribution < -0.4 is 0 Å². The molecule has 1 saturated heterocycles. The predicted molar refractivity (Wildman–Crippen MR) is 81.8 cm³/mol. The number of aliphatic hydroxyl groups excluding tert-OH is 2. The normalized spacial score (nSPS) is 24.9. The monoisotopic (exact) mass is 331 g/mol. The van der Waals surface area contributed by atoms with E-state index >= 15 is 0 Å². The number of hydrogen-bond acceptors (Lipinski definition) is 3. The molecule has 1 aromatic carbocycles. The van der Waals surface area contributed by atoms with Crippen molar-refractivity contribution in [3.8, 4) is 0 Å². The molecule has 130 valence electrons. The molecule has 0 radical (unpaired) electrons. The van der Waals surface area contributed by atoms with Crippen LogP contribution in [0.5, 0.6) is 0 Å². The number of rotatable bonds is 3. The van der Waals surface area contributed by atoms with Gasteiger partial charge in [-0.05, 0) is 29.5 Å². The van der Waals surface area contributed by atoms with Crippen LogP contribution in [-0.2, 0) is 6.18 Å². The van der Waals surface area contributed by atoms with E-state index < -0.39 is 23.9 Å². The van der Waals surface area contributed by atoms with Crippen molar-refractivity contribution in [2.45, 2.75) is 51.6 Å². The maximum atomic E-state index is 12.9. The van der Waals surface area contributed by atoms with Crippen LogP contribution in [0.4, 0.5) is 13.2 Å². The summed E-state index contributed by atoms with van der Waals surface area (Å²) in [5, 5.41) is 20.2. The number of β-amino-alcohol motifs (C(OH)–C–C–N with tert-alkyl or cyclic N) is 2. The van der Waals surface area contributed by atoms with Gasteiger partial charge in [0, 0.05) is 19.1 Å². The zero-order valence-electron chi connectivity index (χ0n) is 13.6. The Hall–Kier alpha value is -1.11. The highest BCUT2D eigenvalue weighted by molar-refractivity contribution is 5.29. The van der Waals surface area contributed by atoms with E-state index in [0.29, 0.717) is 25.1 Å². The molecule has 0 saturated carbocycles. The van der Waals surface area contributed by atoms with E-state index in [1.54, 1.807) is 6.07 Å². The fourth-order valence-electron chi connectivity index (χ4n) is 2.85. The molecule has 1 aromatic rings. The maximum Gasteiger partial charge on any atom is 0.416 e. The van der Waals surface area contributed by atoms with Gasteiger partial charge in [0.25, 0.3) is 0 Å². The third-order valence-corrected chi connectivity index (χ3v) is 4.39. The summed E-state index contributed by atoms with van der Waals surface area (Å²) in [6, 6.07) is 4.90. The number of halogens is 3. The smallest absolute Gasteiger partial charge is 0.392 e. The molecule has 0 aromatic heterocycles. The molecular formula is C17H24F3NO2. The zero-order chi connectivity index (χ0) is 17.4. The summed E-state index contributed by atoms with van der Waals surface area (Å²) in [7, 11) is 0. The number of alkyl halides is 3. The fourth-order valence-corrected chi connectivity index (χ4v) is 2.85. The van der Waals surface area contributed by atoms with Gasteiger partial charge in [0.05, 0.1) is 17.8 Å². The van der Waals surface area contributed by atoms with Crippen LogP contribution in [-0.4, -0.2) is 40.4 Å². The molecule has 3 atom stereocenters. The Balaban J connectivity index is 2.23. The first-order valence-electron chi connectivity index (χ1n) is 7.76. The molecule has 2 N–H and O–H groups in total. The lowest BCUT2D eigenvalue weighted by Crippen LogP contribution is -2.39. The van der Waals surface area contributed by atoms with Crippen LogP contribution in [0.2, 0.25) is 0 Å². The van der Waals surface area contributed by atoms with Gasteiger partial charge in [0.15, 0.2) is 0 Å². The van der Waals surface area contributed by atoms with Crippen molar-refractivity contribution >= 4 is 0 Å². The third kappa shape index (κ3) is 4.46. The third-order valence-electron chi connectivity index (χ3n) is 4.39. The minimum atomic E-state index is -4.39. The van der Waals surface area contributed by atoms with E-state index in [2.05, 4.69) is 0 Å². The van der Waals surface area contributed by atoms with Gasteiger partial charge < -0.3 is 10.2 Å². The average molecular weight is 331 g/mol. The molecular weight excluding hydrogens is 307 g/mol. The van der Waals surface area contributed by atoms with Crippen LogP contribution in [0.25, 0.3) is 0 Å². The van der Waals surface area contributed by atoms with Crippen molar-refractivity contribution in [3.05, 3.63) is 35.4 Å². The van der Waals surface area contributed by atoms with Crippen LogP contribution in [0.15, 0.2) is 24.3 Å². The Kier molecular flexibility index (Phi) is 5.09. The van der Waals surface area contributed by atoms with Gasteiger partial charge in [-0.3, -0.25) is 4.90 Å². The molecule has 23 heavy (non-hydrogen) atoms. The Labute approximate surface area is 134 Å². The molecule has 0 unspecified atom stereocenters. The van der Waals surface area contributed by atoms with Gasteiger partial charge in [-0.2, -0.15) is 13.2 Å². The highest BCUT2D eigenvalue weighted by Gasteiger charge is 2.37. The predicted octanol–water partition coefficient (Wildman–Crippen LogP) is 3.22. The minimum Gasteiger partial charge on any atom is -0.392 e. The van der Waals surface area contributed by atoms with Gasteiger partial charge >= 0.3 is 6.18 Å². The van der Waals surface area contributed by atoms with Gasteiger partial charge in [0.2, 0.25) is 0 Å². The number of likely N-dealkylation sites (tertiary alicyclic amines) is 1. The molecule has 0 aliphatic carbocycles. The lowest BCUT2D eigenvalue weighted by atomic mass is 9.88. The van der Waals surface area contributed by atoms with Crippen molar-refractivity contribution in [2.75, 3.05) is 13.1 Å². The Morgan fingerprint density at radius 2 is 1.91 bits per heavy atom. The summed E-state index contributed by atoms with van der Waals surface area (Å²) >= 11 is 0. The van der Waals surface area contributed by atoms with Crippen molar-refractivity contribution in [1.29, 1.82) is 0 Å². The number of nitrogens with zero attached hydrogens (tertiary/aromatic N) is 1. The Morgan fingerprint density at radius 1 is 1.26 bits per heavy atom. The van der Waals surface area contributed by atoms with Crippen molar-refractivity contribution in [2.24, 2.45) is 5.41 Å². The molecule has 1 heterocycles. The van der Waals surface area contributed by atoms with Gasteiger partial charge in [0.1, 0.15) is 0 Å². The SMILES string of the molecule is CC(C)(C)[C@H](O)CN1C[C@@H](O)C[C@@H]1c1cccc(C(F)(F)F)c1. The summed E-state index contributed by atoms with van der Waals surface area (Å²) in [4.78, 5) is 1.87. The highest BCUT2D eigenvalue weighted by atomic mass is 19.4. The summed E-state index contributed by atoms with van der Waals surface area (Å²) in [5.41, 5.74) is -0.489. The minimum absolute atomic E-state index is 0.315. The second-order valence-electron chi connectivity index (χ2n) is 7.36. The second kappa shape index (κ2) is 6.42. The average Bonchev–Trinajstić information content (AvgIpc) is 2.78. The molecule has 1 fully saturated rings. The fraction of sp³-hybridized carbons (Fsp3) is 0.647. The molecule has 0 bridgehead atoms. The van der Waals surface area contributed by atoms with Crippen molar-refractivity contribution < 1.29 is 23.4 Å². The van der Waals surface area contributed by atoms with E-state index in [-0.39, 0.29) is 11.5 Å². The standard InChI is InChI=1S/C17H24F3NO2/c1-16(2,3)15(23)10-21-9-13(22)8-14(21)11-5-4-6-12(7-11)17(18,19)20/h4-7,13-15,22-23H,8-10H2,1-3H3/t13-,14+,15+/m0/s1. The highest BCUT2D eigenvalue weighted by Crippen LogP contribution is 2.37. The maximum absolute atomic E-state index is 12.9. The lowest BCUT2D eigenvalue weighted by Gasteiger charge is -2.33. The van der Waals surface area contributed by atoms with Crippen LogP contribution >= 0.6 is 0 Å².